The van der Waals surface area contributed by atoms with Crippen LogP contribution in [0.15, 0.2) is 42.7 Å². The van der Waals surface area contributed by atoms with Crippen molar-refractivity contribution in [2.75, 3.05) is 56.5 Å². The lowest BCUT2D eigenvalue weighted by atomic mass is 10.1. The Morgan fingerprint density at radius 3 is 2.41 bits per heavy atom. The Morgan fingerprint density at radius 2 is 1.72 bits per heavy atom. The minimum atomic E-state index is -0.118. The average molecular weight is 396 g/mol. The van der Waals surface area contributed by atoms with Gasteiger partial charge >= 0.3 is 0 Å². The van der Waals surface area contributed by atoms with E-state index in [1.807, 2.05) is 29.2 Å². The second-order valence-corrected chi connectivity index (χ2v) is 7.15. The predicted octanol–water partition coefficient (Wildman–Crippen LogP) is 1.26. The summed E-state index contributed by atoms with van der Waals surface area (Å²) in [6.45, 7) is 5.09. The maximum Gasteiger partial charge on any atom is 0.238 e. The maximum atomic E-state index is 12.6. The minimum Gasteiger partial charge on any atom is -0.338 e. The molecule has 0 aliphatic carbocycles. The van der Waals surface area contributed by atoms with Gasteiger partial charge in [-0.3, -0.25) is 14.5 Å². The molecule has 0 radical (unpaired) electrons. The lowest BCUT2D eigenvalue weighted by Gasteiger charge is -2.35. The van der Waals surface area contributed by atoms with Gasteiger partial charge in [0.1, 0.15) is 0 Å². The van der Waals surface area contributed by atoms with Crippen molar-refractivity contribution in [3.8, 4) is 0 Å². The van der Waals surface area contributed by atoms with Crippen molar-refractivity contribution in [3.05, 3.63) is 48.3 Å². The van der Waals surface area contributed by atoms with Crippen molar-refractivity contribution in [2.24, 2.45) is 0 Å². The molecule has 2 amide bonds. The fourth-order valence-corrected chi connectivity index (χ4v) is 3.38. The van der Waals surface area contributed by atoms with Crippen LogP contribution in [0.3, 0.4) is 0 Å². The Bertz CT molecular complexity index is 821. The molecule has 0 bridgehead atoms. The van der Waals surface area contributed by atoms with Crippen LogP contribution < -0.4 is 10.2 Å². The molecule has 3 rings (SSSR count). The standard InChI is InChI=1S/C21H28N6O2/c1-3-17-7-4-5-8-18(17)24-19(28)15-25(2)16-20(29)26-11-13-27(14-12-26)21-22-9-6-10-23-21/h4-10H,3,11-16H2,1-2H3,(H,24,28). The zero-order valence-electron chi connectivity index (χ0n) is 17.0. The van der Waals surface area contributed by atoms with Gasteiger partial charge in [0, 0.05) is 44.3 Å². The van der Waals surface area contributed by atoms with Crippen molar-refractivity contribution < 1.29 is 9.59 Å². The van der Waals surface area contributed by atoms with Gasteiger partial charge in [-0.05, 0) is 31.2 Å². The number of aryl methyl sites for hydroxylation is 1. The zero-order valence-corrected chi connectivity index (χ0v) is 17.0. The summed E-state index contributed by atoms with van der Waals surface area (Å²) < 4.78 is 0. The van der Waals surface area contributed by atoms with E-state index >= 15 is 0 Å². The number of piperazine rings is 1. The number of nitrogens with zero attached hydrogens (tertiary/aromatic N) is 5. The lowest BCUT2D eigenvalue weighted by Crippen LogP contribution is -2.51. The van der Waals surface area contributed by atoms with Crippen LogP contribution in [0.4, 0.5) is 11.6 Å². The van der Waals surface area contributed by atoms with Gasteiger partial charge in [0.25, 0.3) is 0 Å². The SMILES string of the molecule is CCc1ccccc1NC(=O)CN(C)CC(=O)N1CCN(c2ncccn2)CC1. The first-order valence-electron chi connectivity index (χ1n) is 9.93. The molecule has 1 fully saturated rings. The molecular formula is C21H28N6O2. The maximum absolute atomic E-state index is 12.6. The predicted molar refractivity (Wildman–Crippen MR) is 113 cm³/mol. The summed E-state index contributed by atoms with van der Waals surface area (Å²) >= 11 is 0. The second-order valence-electron chi connectivity index (χ2n) is 7.15. The van der Waals surface area contributed by atoms with Crippen LogP contribution in [0.1, 0.15) is 12.5 Å². The van der Waals surface area contributed by atoms with Gasteiger partial charge in [-0.2, -0.15) is 0 Å². The molecule has 0 atom stereocenters. The van der Waals surface area contributed by atoms with Gasteiger partial charge in [0.2, 0.25) is 17.8 Å². The van der Waals surface area contributed by atoms with Crippen molar-refractivity contribution >= 4 is 23.5 Å². The molecule has 1 saturated heterocycles. The summed E-state index contributed by atoms with van der Waals surface area (Å²) in [6, 6.07) is 9.56. The number of rotatable bonds is 7. The van der Waals surface area contributed by atoms with E-state index in [9.17, 15) is 9.59 Å². The number of anilines is 2. The first-order valence-corrected chi connectivity index (χ1v) is 9.93. The monoisotopic (exact) mass is 396 g/mol. The van der Waals surface area contributed by atoms with Gasteiger partial charge in [-0.25, -0.2) is 9.97 Å². The summed E-state index contributed by atoms with van der Waals surface area (Å²) in [5, 5.41) is 2.94. The smallest absolute Gasteiger partial charge is 0.238 e. The lowest BCUT2D eigenvalue weighted by molar-refractivity contribution is -0.132. The molecule has 1 aromatic heterocycles. The first kappa shape index (κ1) is 20.7. The first-order chi connectivity index (χ1) is 14.1. The van der Waals surface area contributed by atoms with Gasteiger partial charge in [-0.15, -0.1) is 0 Å². The third-order valence-corrected chi connectivity index (χ3v) is 4.96. The highest BCUT2D eigenvalue weighted by molar-refractivity contribution is 5.93. The van der Waals surface area contributed by atoms with Gasteiger partial charge in [-0.1, -0.05) is 25.1 Å². The summed E-state index contributed by atoms with van der Waals surface area (Å²) in [6.07, 6.45) is 4.29. The Kier molecular flexibility index (Phi) is 7.13. The molecule has 8 heteroatoms. The number of hydrogen-bond donors (Lipinski definition) is 1. The molecule has 1 N–H and O–H groups in total. The third kappa shape index (κ3) is 5.74. The Labute approximate surface area is 171 Å². The molecule has 2 heterocycles. The van der Waals surface area contributed by atoms with Crippen molar-refractivity contribution in [2.45, 2.75) is 13.3 Å². The zero-order chi connectivity index (χ0) is 20.6. The van der Waals surface area contributed by atoms with Crippen molar-refractivity contribution in [3.63, 3.8) is 0 Å². The number of carbonyl (C=O) groups is 2. The van der Waals surface area contributed by atoms with Crippen molar-refractivity contribution in [1.29, 1.82) is 0 Å². The fraction of sp³-hybridized carbons (Fsp3) is 0.429. The number of aromatic nitrogens is 2. The van der Waals surface area contributed by atoms with Gasteiger partial charge in [0.15, 0.2) is 0 Å². The van der Waals surface area contributed by atoms with Gasteiger partial charge < -0.3 is 15.1 Å². The molecule has 0 saturated carbocycles. The highest BCUT2D eigenvalue weighted by atomic mass is 16.2. The molecule has 0 unspecified atom stereocenters. The Morgan fingerprint density at radius 1 is 1.03 bits per heavy atom. The summed E-state index contributed by atoms with van der Waals surface area (Å²) in [7, 11) is 1.79. The van der Waals surface area contributed by atoms with E-state index < -0.39 is 0 Å². The van der Waals surface area contributed by atoms with E-state index in [0.29, 0.717) is 32.1 Å². The van der Waals surface area contributed by atoms with Crippen LogP contribution in [0.25, 0.3) is 0 Å². The number of para-hydroxylation sites is 1. The van der Waals surface area contributed by atoms with Crippen LogP contribution in [-0.4, -0.2) is 77.9 Å². The quantitative estimate of drug-likeness (QED) is 0.759. The van der Waals surface area contributed by atoms with Crippen LogP contribution in [0, 0.1) is 0 Å². The number of amides is 2. The number of benzene rings is 1. The molecule has 154 valence electrons. The molecule has 1 aliphatic rings. The summed E-state index contributed by atoms with van der Waals surface area (Å²) in [5.41, 5.74) is 1.93. The third-order valence-electron chi connectivity index (χ3n) is 4.96. The van der Waals surface area contributed by atoms with E-state index in [1.54, 1.807) is 30.4 Å². The highest BCUT2D eigenvalue weighted by Crippen LogP contribution is 2.15. The van der Waals surface area contributed by atoms with E-state index in [2.05, 4.69) is 27.1 Å². The van der Waals surface area contributed by atoms with E-state index in [-0.39, 0.29) is 24.9 Å². The largest absolute Gasteiger partial charge is 0.338 e. The fourth-order valence-electron chi connectivity index (χ4n) is 3.38. The topological polar surface area (TPSA) is 81.7 Å². The molecule has 29 heavy (non-hydrogen) atoms. The van der Waals surface area contributed by atoms with E-state index in [4.69, 9.17) is 0 Å². The molecule has 1 aromatic carbocycles. The molecular weight excluding hydrogens is 368 g/mol. The number of hydrogen-bond acceptors (Lipinski definition) is 6. The summed E-state index contributed by atoms with van der Waals surface area (Å²) in [4.78, 5) is 39.1. The Hall–Kier alpha value is -3.00. The van der Waals surface area contributed by atoms with E-state index in [1.165, 1.54) is 0 Å². The second kappa shape index (κ2) is 9.97. The van der Waals surface area contributed by atoms with Crippen LogP contribution in [0.5, 0.6) is 0 Å². The molecule has 0 spiro atoms. The van der Waals surface area contributed by atoms with Crippen LogP contribution in [0.2, 0.25) is 0 Å². The van der Waals surface area contributed by atoms with Gasteiger partial charge in [0.05, 0.1) is 13.1 Å². The molecule has 1 aliphatic heterocycles. The Balaban J connectivity index is 1.44. The number of carbonyl (C=O) groups excluding carboxylic acids is 2. The van der Waals surface area contributed by atoms with E-state index in [0.717, 1.165) is 17.7 Å². The van der Waals surface area contributed by atoms with Crippen molar-refractivity contribution in [1.82, 2.24) is 19.8 Å². The van der Waals surface area contributed by atoms with Crippen LogP contribution >= 0.6 is 0 Å². The van der Waals surface area contributed by atoms with Crippen LogP contribution in [-0.2, 0) is 16.0 Å². The molecule has 2 aromatic rings. The summed E-state index contributed by atoms with van der Waals surface area (Å²) in [5.74, 6) is 0.607. The average Bonchev–Trinajstić information content (AvgIpc) is 2.74. The highest BCUT2D eigenvalue weighted by Gasteiger charge is 2.23. The normalized spacial score (nSPS) is 14.2. The minimum absolute atomic E-state index is 0.0305. The number of likely N-dealkylation sites (N-methyl/N-ethyl adjacent to an activating group) is 1. The number of nitrogens with one attached hydrogen (secondary N) is 1. The molecule has 8 nitrogen and oxygen atoms in total.